The van der Waals surface area contributed by atoms with Crippen LogP contribution in [0, 0.1) is 0 Å². The Hall–Kier alpha value is -1.59. The van der Waals surface area contributed by atoms with Crippen molar-refractivity contribution < 1.29 is 19.7 Å². The molecule has 1 unspecified atom stereocenters. The molecule has 6 heteroatoms. The van der Waals surface area contributed by atoms with Crippen molar-refractivity contribution in [2.75, 3.05) is 6.61 Å². The quantitative estimate of drug-likeness (QED) is 0.649. The minimum Gasteiger partial charge on any atom is -0.423 e. The zero-order chi connectivity index (χ0) is 16.8. The highest BCUT2D eigenvalue weighted by molar-refractivity contribution is 6.60. The van der Waals surface area contributed by atoms with E-state index < -0.39 is 14.2 Å². The molecule has 4 nitrogen and oxygen atoms in total. The molecule has 2 aromatic rings. The van der Waals surface area contributed by atoms with Crippen LogP contribution in [0.1, 0.15) is 30.9 Å². The van der Waals surface area contributed by atoms with Crippen LogP contribution in [0.25, 0.3) is 0 Å². The fourth-order valence-corrected chi connectivity index (χ4v) is 2.42. The zero-order valence-electron chi connectivity index (χ0n) is 13.5. The molecule has 1 atom stereocenters. The van der Waals surface area contributed by atoms with Crippen LogP contribution in [-0.4, -0.2) is 35.9 Å². The van der Waals surface area contributed by atoms with Gasteiger partial charge in [0, 0.05) is 12.5 Å². The number of benzene rings is 2. The lowest BCUT2D eigenvalue weighted by atomic mass is 9.77. The molecule has 23 heavy (non-hydrogen) atoms. The van der Waals surface area contributed by atoms with E-state index >= 15 is 0 Å². The number of hydrogen-bond donors (Lipinski definition) is 3. The van der Waals surface area contributed by atoms with Gasteiger partial charge < -0.3 is 19.7 Å². The van der Waals surface area contributed by atoms with Crippen LogP contribution >= 0.6 is 0 Å². The molecule has 120 valence electrons. The topological polar surface area (TPSA) is 69.9 Å². The predicted molar refractivity (Wildman–Crippen MR) is 94.1 cm³/mol. The summed E-state index contributed by atoms with van der Waals surface area (Å²) >= 11 is 0. The van der Waals surface area contributed by atoms with E-state index in [9.17, 15) is 15.1 Å². The third kappa shape index (κ3) is 4.94. The molecule has 0 bridgehead atoms. The number of aryl methyl sites for hydroxylation is 1. The van der Waals surface area contributed by atoms with Gasteiger partial charge in [-0.3, -0.25) is 0 Å². The number of rotatable bonds is 7. The first-order chi connectivity index (χ1) is 11.0. The smallest absolute Gasteiger partial charge is 0.423 e. The van der Waals surface area contributed by atoms with E-state index in [2.05, 4.69) is 6.92 Å². The van der Waals surface area contributed by atoms with Gasteiger partial charge in [-0.25, -0.2) is 0 Å². The lowest BCUT2D eigenvalue weighted by molar-refractivity contribution is 0.254. The Kier molecular flexibility index (Phi) is 6.42. The average Bonchev–Trinajstić information content (AvgIpc) is 2.59. The summed E-state index contributed by atoms with van der Waals surface area (Å²) in [6, 6.07) is 14.8. The van der Waals surface area contributed by atoms with Crippen molar-refractivity contribution in [1.82, 2.24) is 0 Å². The fraction of sp³-hybridized carbons (Fsp3) is 0.294. The molecule has 0 amide bonds. The summed E-state index contributed by atoms with van der Waals surface area (Å²) in [5, 5.41) is 28.6. The van der Waals surface area contributed by atoms with Gasteiger partial charge in [0.1, 0.15) is 0 Å². The van der Waals surface area contributed by atoms with E-state index in [1.807, 2.05) is 37.3 Å². The highest BCUT2D eigenvalue weighted by Crippen LogP contribution is 2.14. The summed E-state index contributed by atoms with van der Waals surface area (Å²) in [4.78, 5) is 0. The Bertz CT molecular complexity index is 633. The second-order valence-corrected chi connectivity index (χ2v) is 5.73. The zero-order valence-corrected chi connectivity index (χ0v) is 13.5. The van der Waals surface area contributed by atoms with Crippen LogP contribution < -0.4 is 10.9 Å². The van der Waals surface area contributed by atoms with Crippen molar-refractivity contribution in [3.8, 4) is 0 Å². The second kappa shape index (κ2) is 8.31. The van der Waals surface area contributed by atoms with Crippen molar-refractivity contribution in [3.05, 3.63) is 59.7 Å². The van der Waals surface area contributed by atoms with Gasteiger partial charge in [-0.2, -0.15) is 0 Å². The minimum absolute atomic E-state index is 0.0257. The summed E-state index contributed by atoms with van der Waals surface area (Å²) in [5.41, 5.74) is 3.29. The van der Waals surface area contributed by atoms with E-state index in [1.54, 1.807) is 18.2 Å². The van der Waals surface area contributed by atoms with Gasteiger partial charge in [-0.1, -0.05) is 62.4 Å². The molecule has 3 N–H and O–H groups in total. The van der Waals surface area contributed by atoms with E-state index in [0.717, 1.165) is 23.0 Å². The van der Waals surface area contributed by atoms with E-state index in [0.29, 0.717) is 12.1 Å². The Morgan fingerprint density at radius 1 is 1.00 bits per heavy atom. The third-order valence-electron chi connectivity index (χ3n) is 3.93. The molecule has 0 aliphatic heterocycles. The standard InChI is InChI=1S/C17H22B2O4/c1-3-14-6-4-9-17(10-14)19(22)23-12-13(2)15-7-5-8-16(11-15)18(20)21/h4-11,13,20-22H,3,12H2,1-2H3. The van der Waals surface area contributed by atoms with Crippen molar-refractivity contribution in [3.63, 3.8) is 0 Å². The molecule has 0 aliphatic rings. The summed E-state index contributed by atoms with van der Waals surface area (Å²) < 4.78 is 5.57. The van der Waals surface area contributed by atoms with Crippen LogP contribution in [0.3, 0.4) is 0 Å². The summed E-state index contributed by atoms with van der Waals surface area (Å²) in [6.45, 7) is 4.37. The first-order valence-corrected chi connectivity index (χ1v) is 7.85. The molecule has 0 heterocycles. The van der Waals surface area contributed by atoms with E-state index in [4.69, 9.17) is 4.65 Å². The Labute approximate surface area is 138 Å². The van der Waals surface area contributed by atoms with Crippen molar-refractivity contribution >= 4 is 25.2 Å². The number of hydrogen-bond acceptors (Lipinski definition) is 4. The summed E-state index contributed by atoms with van der Waals surface area (Å²) in [5.74, 6) is 0.0257. The highest BCUT2D eigenvalue weighted by Gasteiger charge is 2.19. The largest absolute Gasteiger partial charge is 0.491 e. The van der Waals surface area contributed by atoms with E-state index in [1.165, 1.54) is 0 Å². The molecule has 2 aromatic carbocycles. The Balaban J connectivity index is 1.98. The molecule has 0 fully saturated rings. The van der Waals surface area contributed by atoms with Gasteiger partial charge in [0.05, 0.1) is 0 Å². The van der Waals surface area contributed by atoms with Gasteiger partial charge >= 0.3 is 14.2 Å². The van der Waals surface area contributed by atoms with Gasteiger partial charge in [0.25, 0.3) is 0 Å². The van der Waals surface area contributed by atoms with Crippen LogP contribution in [0.2, 0.25) is 0 Å². The molecule has 0 aliphatic carbocycles. The maximum absolute atomic E-state index is 10.2. The maximum atomic E-state index is 10.2. The van der Waals surface area contributed by atoms with Crippen molar-refractivity contribution in [1.29, 1.82) is 0 Å². The molecule has 0 radical (unpaired) electrons. The maximum Gasteiger partial charge on any atom is 0.491 e. The van der Waals surface area contributed by atoms with Gasteiger partial charge in [-0.05, 0) is 28.5 Å². The predicted octanol–water partition coefficient (Wildman–Crippen LogP) is 0.437. The minimum atomic E-state index is -1.48. The monoisotopic (exact) mass is 312 g/mol. The van der Waals surface area contributed by atoms with Gasteiger partial charge in [0.15, 0.2) is 0 Å². The van der Waals surface area contributed by atoms with Crippen molar-refractivity contribution in [2.45, 2.75) is 26.2 Å². The Morgan fingerprint density at radius 3 is 2.39 bits per heavy atom. The highest BCUT2D eigenvalue weighted by atomic mass is 16.5. The molecule has 0 saturated carbocycles. The second-order valence-electron chi connectivity index (χ2n) is 5.73. The van der Waals surface area contributed by atoms with Crippen LogP contribution in [-0.2, 0) is 11.1 Å². The van der Waals surface area contributed by atoms with Crippen molar-refractivity contribution in [2.24, 2.45) is 0 Å². The lowest BCUT2D eigenvalue weighted by Gasteiger charge is -2.16. The normalized spacial score (nSPS) is 12.0. The summed E-state index contributed by atoms with van der Waals surface area (Å²) in [7, 11) is -2.44. The SMILES string of the molecule is CCc1cccc(B(O)OCC(C)c2cccc(B(O)O)c2)c1. The average molecular weight is 312 g/mol. The molecule has 2 rings (SSSR count). The molecule has 0 spiro atoms. The third-order valence-corrected chi connectivity index (χ3v) is 3.93. The molecule has 0 saturated heterocycles. The fourth-order valence-electron chi connectivity index (χ4n) is 2.42. The molecule has 0 aromatic heterocycles. The first-order valence-electron chi connectivity index (χ1n) is 7.85. The Morgan fingerprint density at radius 2 is 1.70 bits per heavy atom. The van der Waals surface area contributed by atoms with Crippen LogP contribution in [0.15, 0.2) is 48.5 Å². The van der Waals surface area contributed by atoms with Gasteiger partial charge in [-0.15, -0.1) is 0 Å². The van der Waals surface area contributed by atoms with E-state index in [-0.39, 0.29) is 5.92 Å². The molecular formula is C17H22B2O4. The van der Waals surface area contributed by atoms with Crippen LogP contribution in [0.4, 0.5) is 0 Å². The lowest BCUT2D eigenvalue weighted by Crippen LogP contribution is -2.35. The van der Waals surface area contributed by atoms with Crippen LogP contribution in [0.5, 0.6) is 0 Å². The summed E-state index contributed by atoms with van der Waals surface area (Å²) in [6.07, 6.45) is 0.910. The first kappa shape index (κ1) is 17.8. The van der Waals surface area contributed by atoms with Gasteiger partial charge in [0.2, 0.25) is 0 Å². The molecular weight excluding hydrogens is 290 g/mol.